The summed E-state index contributed by atoms with van der Waals surface area (Å²) in [4.78, 5) is 32.0. The van der Waals surface area contributed by atoms with E-state index in [2.05, 4.69) is 27.9 Å². The number of methoxy groups -OCH3 is 1. The molecule has 3 N–H and O–H groups in total. The number of nitrogens with one attached hydrogen (secondary N) is 3. The molecule has 2 heterocycles. The van der Waals surface area contributed by atoms with E-state index in [0.29, 0.717) is 6.54 Å². The molecule has 0 bridgehead atoms. The van der Waals surface area contributed by atoms with Gasteiger partial charge in [0.25, 0.3) is 0 Å². The van der Waals surface area contributed by atoms with Crippen LogP contribution in [-0.2, 0) is 9.59 Å². The first kappa shape index (κ1) is 27.1. The maximum Gasteiger partial charge on any atom is 0.242 e. The number of carbonyl (C=O) groups excluding carboxylic acids is 2. The molecule has 1 fully saturated rings. The Morgan fingerprint density at radius 1 is 1.34 bits per heavy atom. The molecule has 1 unspecified atom stereocenters. The van der Waals surface area contributed by atoms with E-state index in [1.165, 1.54) is 0 Å². The predicted octanol–water partition coefficient (Wildman–Crippen LogP) is 3.62. The summed E-state index contributed by atoms with van der Waals surface area (Å²) >= 11 is 1.72. The number of anilines is 1. The molecule has 2 aromatic rings. The SMILES string of the molecule is COc1cc(NC(C)CCCNC(=O)[C@H](C)N2C(=O)[C@H](CCSC)NC2(C)C)c2ncccc2c1. The summed E-state index contributed by atoms with van der Waals surface area (Å²) in [7, 11) is 1.66. The molecule has 3 rings (SSSR count). The first-order valence-electron chi connectivity index (χ1n) is 12.2. The van der Waals surface area contributed by atoms with Gasteiger partial charge in [0.1, 0.15) is 11.8 Å². The van der Waals surface area contributed by atoms with Gasteiger partial charge in [0.15, 0.2) is 0 Å². The van der Waals surface area contributed by atoms with Gasteiger partial charge >= 0.3 is 0 Å². The molecule has 0 aliphatic carbocycles. The molecule has 3 atom stereocenters. The van der Waals surface area contributed by atoms with Crippen molar-refractivity contribution in [3.05, 3.63) is 30.5 Å². The van der Waals surface area contributed by atoms with Gasteiger partial charge in [-0.25, -0.2) is 0 Å². The zero-order valence-electron chi connectivity index (χ0n) is 21.7. The first-order valence-corrected chi connectivity index (χ1v) is 13.6. The fourth-order valence-corrected chi connectivity index (χ4v) is 5.19. The zero-order valence-corrected chi connectivity index (χ0v) is 22.5. The van der Waals surface area contributed by atoms with Crippen LogP contribution in [0, 0.1) is 0 Å². The van der Waals surface area contributed by atoms with Crippen LogP contribution in [-0.4, -0.2) is 71.1 Å². The molecule has 1 aliphatic rings. The van der Waals surface area contributed by atoms with Crippen LogP contribution in [0.1, 0.15) is 47.0 Å². The minimum absolute atomic E-state index is 0.00338. The van der Waals surface area contributed by atoms with Gasteiger partial charge in [0.05, 0.1) is 30.0 Å². The predicted molar refractivity (Wildman–Crippen MR) is 144 cm³/mol. The number of hydrogen-bond acceptors (Lipinski definition) is 7. The molecular weight excluding hydrogens is 462 g/mol. The second-order valence-corrected chi connectivity index (χ2v) is 10.6. The summed E-state index contributed by atoms with van der Waals surface area (Å²) < 4.78 is 5.43. The normalized spacial score (nSPS) is 19.0. The molecule has 35 heavy (non-hydrogen) atoms. The molecule has 2 amide bonds. The highest BCUT2D eigenvalue weighted by molar-refractivity contribution is 7.98. The molecule has 0 saturated carbocycles. The minimum Gasteiger partial charge on any atom is -0.497 e. The van der Waals surface area contributed by atoms with Gasteiger partial charge in [-0.05, 0) is 71.1 Å². The summed E-state index contributed by atoms with van der Waals surface area (Å²) in [6.07, 6.45) is 6.26. The highest BCUT2D eigenvalue weighted by Crippen LogP contribution is 2.29. The van der Waals surface area contributed by atoms with Crippen molar-refractivity contribution in [2.75, 3.05) is 31.0 Å². The van der Waals surface area contributed by atoms with Crippen molar-refractivity contribution in [3.8, 4) is 5.75 Å². The number of fused-ring (bicyclic) bond motifs is 1. The lowest BCUT2D eigenvalue weighted by atomic mass is 10.1. The second-order valence-electron chi connectivity index (χ2n) is 9.65. The standard InChI is InChI=1S/C26H39N5O3S/c1-17(29-22-16-20(34-5)15-19-10-8-12-27-23(19)22)9-7-13-28-24(32)18(2)31-25(33)21(11-14-35-6)30-26(31,3)4/h8,10,12,15-18,21,29-30H,7,9,11,13-14H2,1-6H3,(H,28,32)/t17?,18-,21-/m0/s1. The van der Waals surface area contributed by atoms with Crippen LogP contribution in [0.5, 0.6) is 5.75 Å². The Morgan fingerprint density at radius 2 is 2.11 bits per heavy atom. The average molecular weight is 502 g/mol. The van der Waals surface area contributed by atoms with Gasteiger partial charge in [-0.15, -0.1) is 0 Å². The molecular formula is C26H39N5O3S. The van der Waals surface area contributed by atoms with Crippen molar-refractivity contribution >= 4 is 40.2 Å². The van der Waals surface area contributed by atoms with Gasteiger partial charge in [-0.1, -0.05) is 6.07 Å². The molecule has 1 aliphatic heterocycles. The lowest BCUT2D eigenvalue weighted by Crippen LogP contribution is -2.56. The number of benzene rings is 1. The van der Waals surface area contributed by atoms with Gasteiger partial charge in [0, 0.05) is 30.2 Å². The topological polar surface area (TPSA) is 95.6 Å². The molecule has 1 aromatic heterocycles. The number of ether oxygens (including phenoxy) is 1. The Labute approximate surface area is 213 Å². The van der Waals surface area contributed by atoms with Crippen molar-refractivity contribution in [2.45, 2.75) is 70.7 Å². The summed E-state index contributed by atoms with van der Waals surface area (Å²) in [5.74, 6) is 1.57. The van der Waals surface area contributed by atoms with Crippen molar-refractivity contribution in [3.63, 3.8) is 0 Å². The third-order valence-electron chi connectivity index (χ3n) is 6.47. The Balaban J connectivity index is 1.50. The maximum absolute atomic E-state index is 13.0. The summed E-state index contributed by atoms with van der Waals surface area (Å²) in [6.45, 7) is 8.39. The van der Waals surface area contributed by atoms with Crippen LogP contribution in [0.3, 0.4) is 0 Å². The lowest BCUT2D eigenvalue weighted by Gasteiger charge is -2.35. The first-order chi connectivity index (χ1) is 16.7. The third kappa shape index (κ3) is 6.58. The van der Waals surface area contributed by atoms with E-state index in [4.69, 9.17) is 4.74 Å². The molecule has 9 heteroatoms. The van der Waals surface area contributed by atoms with Crippen LogP contribution < -0.4 is 20.7 Å². The van der Waals surface area contributed by atoms with Crippen LogP contribution >= 0.6 is 11.8 Å². The number of thioether (sulfide) groups is 1. The fourth-order valence-electron chi connectivity index (χ4n) is 4.72. The van der Waals surface area contributed by atoms with Gasteiger partial charge < -0.3 is 20.3 Å². The van der Waals surface area contributed by atoms with E-state index in [1.54, 1.807) is 36.9 Å². The highest BCUT2D eigenvalue weighted by atomic mass is 32.2. The van der Waals surface area contributed by atoms with Crippen LogP contribution in [0.15, 0.2) is 30.5 Å². The van der Waals surface area contributed by atoms with Crippen molar-refractivity contribution < 1.29 is 14.3 Å². The number of amides is 2. The second kappa shape index (κ2) is 11.9. The number of hydrogen-bond donors (Lipinski definition) is 3. The summed E-state index contributed by atoms with van der Waals surface area (Å²) in [5.41, 5.74) is 1.29. The van der Waals surface area contributed by atoms with Crippen LogP contribution in [0.2, 0.25) is 0 Å². The minimum atomic E-state index is -0.553. The van der Waals surface area contributed by atoms with E-state index >= 15 is 0 Å². The molecule has 1 saturated heterocycles. The monoisotopic (exact) mass is 501 g/mol. The number of rotatable bonds is 12. The smallest absolute Gasteiger partial charge is 0.242 e. The lowest BCUT2D eigenvalue weighted by molar-refractivity contribution is -0.141. The fraction of sp³-hybridized carbons (Fsp3) is 0.577. The van der Waals surface area contributed by atoms with Gasteiger partial charge in [0.2, 0.25) is 11.8 Å². The highest BCUT2D eigenvalue weighted by Gasteiger charge is 2.47. The van der Waals surface area contributed by atoms with Crippen molar-refractivity contribution in [2.24, 2.45) is 0 Å². The maximum atomic E-state index is 13.0. The zero-order chi connectivity index (χ0) is 25.6. The van der Waals surface area contributed by atoms with E-state index in [-0.39, 0.29) is 23.9 Å². The van der Waals surface area contributed by atoms with Gasteiger partial charge in [-0.2, -0.15) is 11.8 Å². The van der Waals surface area contributed by atoms with Crippen molar-refractivity contribution in [1.82, 2.24) is 20.5 Å². The van der Waals surface area contributed by atoms with E-state index in [1.807, 2.05) is 44.4 Å². The van der Waals surface area contributed by atoms with Crippen LogP contribution in [0.25, 0.3) is 10.9 Å². The number of aromatic nitrogens is 1. The van der Waals surface area contributed by atoms with Crippen LogP contribution in [0.4, 0.5) is 5.69 Å². The molecule has 1 aromatic carbocycles. The molecule has 0 spiro atoms. The summed E-state index contributed by atoms with van der Waals surface area (Å²) in [6, 6.07) is 7.28. The quantitative estimate of drug-likeness (QED) is 0.382. The number of nitrogens with zero attached hydrogens (tertiary/aromatic N) is 2. The average Bonchev–Trinajstić information content (AvgIpc) is 3.07. The van der Waals surface area contributed by atoms with Gasteiger partial charge in [-0.3, -0.25) is 19.9 Å². The van der Waals surface area contributed by atoms with Crippen molar-refractivity contribution in [1.29, 1.82) is 0 Å². The molecule has 192 valence electrons. The third-order valence-corrected chi connectivity index (χ3v) is 7.12. The largest absolute Gasteiger partial charge is 0.497 e. The van der Waals surface area contributed by atoms with E-state index in [9.17, 15) is 9.59 Å². The number of pyridine rings is 1. The Bertz CT molecular complexity index is 1030. The molecule has 0 radical (unpaired) electrons. The summed E-state index contributed by atoms with van der Waals surface area (Å²) in [5, 5.41) is 11.0. The number of carbonyl (C=O) groups is 2. The molecule has 8 nitrogen and oxygen atoms in total. The Morgan fingerprint density at radius 3 is 2.83 bits per heavy atom. The van der Waals surface area contributed by atoms with E-state index in [0.717, 1.165) is 47.4 Å². The van der Waals surface area contributed by atoms with E-state index < -0.39 is 11.7 Å². The Hall–Kier alpha value is -2.52. The Kier molecular flexibility index (Phi) is 9.24.